The average Bonchev–Trinajstić information content (AvgIpc) is 2.45. The predicted molar refractivity (Wildman–Crippen MR) is 79.8 cm³/mol. The third-order valence-electron chi connectivity index (χ3n) is 3.00. The molecule has 0 saturated heterocycles. The van der Waals surface area contributed by atoms with Crippen LogP contribution in [0.15, 0.2) is 48.5 Å². The molecule has 1 amide bonds. The molecule has 0 aromatic heterocycles. The van der Waals surface area contributed by atoms with Gasteiger partial charge in [-0.25, -0.2) is 0 Å². The second kappa shape index (κ2) is 6.83. The Morgan fingerprint density at radius 2 is 1.82 bits per heavy atom. The van der Waals surface area contributed by atoms with Gasteiger partial charge in [-0.2, -0.15) is 13.2 Å². The zero-order valence-electron chi connectivity index (χ0n) is 11.5. The fourth-order valence-corrected chi connectivity index (χ4v) is 2.16. The van der Waals surface area contributed by atoms with Crippen molar-refractivity contribution < 1.29 is 18.0 Å². The summed E-state index contributed by atoms with van der Waals surface area (Å²) in [6.45, 7) is 0. The first-order valence-electron chi connectivity index (χ1n) is 6.56. The molecule has 0 aliphatic heterocycles. The minimum Gasteiger partial charge on any atom is -0.326 e. The average molecular weight is 328 g/mol. The van der Waals surface area contributed by atoms with Gasteiger partial charge < -0.3 is 5.32 Å². The molecule has 0 saturated carbocycles. The number of hydrogen-bond acceptors (Lipinski definition) is 1. The van der Waals surface area contributed by atoms with E-state index in [2.05, 4.69) is 5.32 Å². The maximum atomic E-state index is 12.6. The number of nitrogens with one attached hydrogen (secondary N) is 1. The summed E-state index contributed by atoms with van der Waals surface area (Å²) in [7, 11) is 0. The molecule has 0 atom stereocenters. The molecule has 0 aliphatic rings. The van der Waals surface area contributed by atoms with Crippen molar-refractivity contribution in [2.24, 2.45) is 0 Å². The Bertz CT molecular complexity index is 670. The molecule has 116 valence electrons. The predicted octanol–water partition coefficient (Wildman–Crippen LogP) is 4.93. The van der Waals surface area contributed by atoms with E-state index >= 15 is 0 Å². The molecule has 0 radical (unpaired) electrons. The number of benzene rings is 2. The van der Waals surface area contributed by atoms with E-state index in [9.17, 15) is 18.0 Å². The minimum atomic E-state index is -4.43. The van der Waals surface area contributed by atoms with E-state index in [1.807, 2.05) is 6.07 Å². The molecule has 2 rings (SSSR count). The van der Waals surface area contributed by atoms with E-state index in [0.29, 0.717) is 11.4 Å². The molecule has 0 fully saturated rings. The topological polar surface area (TPSA) is 29.1 Å². The van der Waals surface area contributed by atoms with Crippen LogP contribution >= 0.6 is 11.6 Å². The van der Waals surface area contributed by atoms with Crippen LogP contribution in [-0.4, -0.2) is 5.91 Å². The number of anilines is 1. The summed E-state index contributed by atoms with van der Waals surface area (Å²) in [6, 6.07) is 11.7. The van der Waals surface area contributed by atoms with Crippen molar-refractivity contribution in [1.29, 1.82) is 0 Å². The SMILES string of the molecule is O=C(CCc1cccc(Cl)c1)Nc1cccc(C(F)(F)F)c1. The molecule has 2 nitrogen and oxygen atoms in total. The lowest BCUT2D eigenvalue weighted by atomic mass is 10.1. The smallest absolute Gasteiger partial charge is 0.326 e. The van der Waals surface area contributed by atoms with E-state index in [-0.39, 0.29) is 18.0 Å². The van der Waals surface area contributed by atoms with E-state index < -0.39 is 11.7 Å². The van der Waals surface area contributed by atoms with Gasteiger partial charge in [-0.15, -0.1) is 0 Å². The highest BCUT2D eigenvalue weighted by atomic mass is 35.5. The van der Waals surface area contributed by atoms with Gasteiger partial charge in [-0.3, -0.25) is 4.79 Å². The summed E-state index contributed by atoms with van der Waals surface area (Å²) in [6.07, 6.45) is -3.80. The highest BCUT2D eigenvalue weighted by molar-refractivity contribution is 6.30. The molecule has 2 aromatic rings. The van der Waals surface area contributed by atoms with Crippen molar-refractivity contribution >= 4 is 23.2 Å². The van der Waals surface area contributed by atoms with Crippen LogP contribution in [0.3, 0.4) is 0 Å². The lowest BCUT2D eigenvalue weighted by Crippen LogP contribution is -2.13. The van der Waals surface area contributed by atoms with Crippen LogP contribution in [-0.2, 0) is 17.4 Å². The maximum Gasteiger partial charge on any atom is 0.416 e. The van der Waals surface area contributed by atoms with Crippen LogP contribution in [0.4, 0.5) is 18.9 Å². The highest BCUT2D eigenvalue weighted by Gasteiger charge is 2.30. The lowest BCUT2D eigenvalue weighted by Gasteiger charge is -2.10. The Morgan fingerprint density at radius 3 is 2.50 bits per heavy atom. The van der Waals surface area contributed by atoms with Crippen LogP contribution < -0.4 is 5.32 Å². The maximum absolute atomic E-state index is 12.6. The molecule has 0 heterocycles. The largest absolute Gasteiger partial charge is 0.416 e. The van der Waals surface area contributed by atoms with Crippen LogP contribution in [0.25, 0.3) is 0 Å². The molecule has 6 heteroatoms. The van der Waals surface area contributed by atoms with Crippen LogP contribution in [0, 0.1) is 0 Å². The first-order valence-corrected chi connectivity index (χ1v) is 6.94. The zero-order chi connectivity index (χ0) is 16.2. The molecule has 0 bridgehead atoms. The van der Waals surface area contributed by atoms with Crippen molar-refractivity contribution in [3.8, 4) is 0 Å². The Labute approximate surface area is 130 Å². The number of halogens is 4. The number of amides is 1. The van der Waals surface area contributed by atoms with Gasteiger partial charge in [0.2, 0.25) is 5.91 Å². The van der Waals surface area contributed by atoms with Gasteiger partial charge in [0.15, 0.2) is 0 Å². The quantitative estimate of drug-likeness (QED) is 0.847. The normalized spacial score (nSPS) is 11.3. The van der Waals surface area contributed by atoms with Crippen molar-refractivity contribution in [1.82, 2.24) is 0 Å². The van der Waals surface area contributed by atoms with Gasteiger partial charge in [0, 0.05) is 17.1 Å². The van der Waals surface area contributed by atoms with Crippen LogP contribution in [0.2, 0.25) is 5.02 Å². The van der Waals surface area contributed by atoms with E-state index in [1.165, 1.54) is 12.1 Å². The van der Waals surface area contributed by atoms with E-state index in [1.54, 1.807) is 18.2 Å². The molecular formula is C16H13ClF3NO. The van der Waals surface area contributed by atoms with Gasteiger partial charge in [0.1, 0.15) is 0 Å². The first-order chi connectivity index (χ1) is 10.3. The fourth-order valence-electron chi connectivity index (χ4n) is 1.95. The number of carbonyl (C=O) groups excluding carboxylic acids is 1. The first kappa shape index (κ1) is 16.4. The molecule has 0 spiro atoms. The number of aryl methyl sites for hydroxylation is 1. The summed E-state index contributed by atoms with van der Waals surface area (Å²) in [4.78, 5) is 11.8. The van der Waals surface area contributed by atoms with Crippen molar-refractivity contribution in [2.75, 3.05) is 5.32 Å². The summed E-state index contributed by atoms with van der Waals surface area (Å²) in [5, 5.41) is 3.05. The van der Waals surface area contributed by atoms with E-state index in [0.717, 1.165) is 17.7 Å². The summed E-state index contributed by atoms with van der Waals surface area (Å²) in [5.41, 5.74) is 0.234. The molecular weight excluding hydrogens is 315 g/mol. The number of rotatable bonds is 4. The standard InChI is InChI=1S/C16H13ClF3NO/c17-13-5-1-3-11(9-13)7-8-15(22)21-14-6-2-4-12(10-14)16(18,19)20/h1-6,9-10H,7-8H2,(H,21,22). The van der Waals surface area contributed by atoms with Gasteiger partial charge in [-0.05, 0) is 42.3 Å². The van der Waals surface area contributed by atoms with Gasteiger partial charge in [0.05, 0.1) is 5.56 Å². The van der Waals surface area contributed by atoms with Crippen molar-refractivity contribution in [2.45, 2.75) is 19.0 Å². The third-order valence-corrected chi connectivity index (χ3v) is 3.24. The van der Waals surface area contributed by atoms with Gasteiger partial charge in [0.25, 0.3) is 0 Å². The molecule has 22 heavy (non-hydrogen) atoms. The van der Waals surface area contributed by atoms with Crippen LogP contribution in [0.1, 0.15) is 17.5 Å². The van der Waals surface area contributed by atoms with Crippen LogP contribution in [0.5, 0.6) is 0 Å². The second-order valence-electron chi connectivity index (χ2n) is 4.76. The van der Waals surface area contributed by atoms with Crippen molar-refractivity contribution in [3.63, 3.8) is 0 Å². The number of carbonyl (C=O) groups is 1. The zero-order valence-corrected chi connectivity index (χ0v) is 12.2. The second-order valence-corrected chi connectivity index (χ2v) is 5.19. The Morgan fingerprint density at radius 1 is 1.09 bits per heavy atom. The highest BCUT2D eigenvalue weighted by Crippen LogP contribution is 2.30. The Hall–Kier alpha value is -2.01. The summed E-state index contributed by atoms with van der Waals surface area (Å²) < 4.78 is 37.8. The Kier molecular flexibility index (Phi) is 5.08. The molecule has 0 aliphatic carbocycles. The van der Waals surface area contributed by atoms with Gasteiger partial charge >= 0.3 is 6.18 Å². The molecule has 2 aromatic carbocycles. The lowest BCUT2D eigenvalue weighted by molar-refractivity contribution is -0.137. The third kappa shape index (κ3) is 4.77. The monoisotopic (exact) mass is 327 g/mol. The van der Waals surface area contributed by atoms with Crippen molar-refractivity contribution in [3.05, 3.63) is 64.7 Å². The minimum absolute atomic E-state index is 0.130. The number of alkyl halides is 3. The fraction of sp³-hybridized carbons (Fsp3) is 0.188. The van der Waals surface area contributed by atoms with E-state index in [4.69, 9.17) is 11.6 Å². The van der Waals surface area contributed by atoms with Gasteiger partial charge in [-0.1, -0.05) is 29.8 Å². The summed E-state index contributed by atoms with van der Waals surface area (Å²) in [5.74, 6) is -0.348. The molecule has 0 unspecified atom stereocenters. The summed E-state index contributed by atoms with van der Waals surface area (Å²) >= 11 is 5.84. The molecule has 1 N–H and O–H groups in total. The Balaban J connectivity index is 1.95. The number of hydrogen-bond donors (Lipinski definition) is 1.